The average molecular weight is 386 g/mol. The molecule has 0 spiro atoms. The summed E-state index contributed by atoms with van der Waals surface area (Å²) in [5.41, 5.74) is 1.19. The molecule has 1 fully saturated rings. The van der Waals surface area contributed by atoms with Crippen LogP contribution < -0.4 is 19.1 Å². The molecule has 28 heavy (non-hydrogen) atoms. The van der Waals surface area contributed by atoms with Gasteiger partial charge in [0.15, 0.2) is 0 Å². The van der Waals surface area contributed by atoms with Gasteiger partial charge in [-0.25, -0.2) is 4.98 Å². The molecule has 0 bridgehead atoms. The van der Waals surface area contributed by atoms with Crippen LogP contribution in [0.15, 0.2) is 30.5 Å². The SMILES string of the molecule is CCOc1nccc(N2CCC(N(C)Cc3cc(OC)cc(OC)c3)CC2)n1. The molecule has 0 unspecified atom stereocenters. The van der Waals surface area contributed by atoms with Crippen LogP contribution in [0.1, 0.15) is 25.3 Å². The summed E-state index contributed by atoms with van der Waals surface area (Å²) in [7, 11) is 5.55. The normalized spacial score (nSPS) is 15.0. The Balaban J connectivity index is 1.58. The minimum atomic E-state index is 0.450. The molecule has 7 nitrogen and oxygen atoms in total. The largest absolute Gasteiger partial charge is 0.497 e. The van der Waals surface area contributed by atoms with Gasteiger partial charge in [-0.1, -0.05) is 0 Å². The summed E-state index contributed by atoms with van der Waals surface area (Å²) in [6.07, 6.45) is 3.94. The lowest BCUT2D eigenvalue weighted by atomic mass is 10.0. The van der Waals surface area contributed by atoms with E-state index in [1.54, 1.807) is 20.4 Å². The maximum atomic E-state index is 5.42. The minimum Gasteiger partial charge on any atom is -0.497 e. The quantitative estimate of drug-likeness (QED) is 0.691. The molecule has 152 valence electrons. The number of rotatable bonds is 8. The average Bonchev–Trinajstić information content (AvgIpc) is 2.74. The van der Waals surface area contributed by atoms with Crippen LogP contribution in [0.5, 0.6) is 17.5 Å². The van der Waals surface area contributed by atoms with Crippen LogP contribution in [-0.2, 0) is 6.54 Å². The van der Waals surface area contributed by atoms with Gasteiger partial charge in [-0.15, -0.1) is 0 Å². The molecule has 2 heterocycles. The molecule has 3 rings (SSSR count). The Morgan fingerprint density at radius 3 is 2.39 bits per heavy atom. The smallest absolute Gasteiger partial charge is 0.318 e. The Kier molecular flexibility index (Phi) is 6.92. The molecule has 0 N–H and O–H groups in total. The van der Waals surface area contributed by atoms with Crippen molar-refractivity contribution in [1.82, 2.24) is 14.9 Å². The molecular weight excluding hydrogens is 356 g/mol. The summed E-state index contributed by atoms with van der Waals surface area (Å²) in [6, 6.07) is 8.98. The van der Waals surface area contributed by atoms with Crippen LogP contribution in [-0.4, -0.2) is 61.9 Å². The third kappa shape index (κ3) is 5.04. The van der Waals surface area contributed by atoms with Gasteiger partial charge in [-0.3, -0.25) is 4.90 Å². The van der Waals surface area contributed by atoms with Crippen molar-refractivity contribution in [3.8, 4) is 17.5 Å². The van der Waals surface area contributed by atoms with Gasteiger partial charge in [0.25, 0.3) is 0 Å². The summed E-state index contributed by atoms with van der Waals surface area (Å²) < 4.78 is 16.2. The first-order chi connectivity index (χ1) is 13.6. The molecule has 7 heteroatoms. The standard InChI is InChI=1S/C21H30N4O3/c1-5-28-21-22-9-6-20(23-21)25-10-7-17(8-11-25)24(2)15-16-12-18(26-3)14-19(13-16)27-4/h6,9,12-14,17H,5,7-8,10-11,15H2,1-4H3. The van der Waals surface area contributed by atoms with Crippen molar-refractivity contribution >= 4 is 5.82 Å². The molecule has 1 aliphatic heterocycles. The number of piperidine rings is 1. The van der Waals surface area contributed by atoms with E-state index in [-0.39, 0.29) is 0 Å². The van der Waals surface area contributed by atoms with Crippen LogP contribution in [0.4, 0.5) is 5.82 Å². The van der Waals surface area contributed by atoms with Crippen LogP contribution in [0.25, 0.3) is 0 Å². The number of ether oxygens (including phenoxy) is 3. The first kappa shape index (κ1) is 20.2. The van der Waals surface area contributed by atoms with Crippen molar-refractivity contribution in [2.24, 2.45) is 0 Å². The Bertz CT molecular complexity index is 741. The molecule has 0 aliphatic carbocycles. The van der Waals surface area contributed by atoms with Gasteiger partial charge in [-0.2, -0.15) is 4.98 Å². The molecule has 0 amide bonds. The molecule has 2 aromatic rings. The Morgan fingerprint density at radius 1 is 1.11 bits per heavy atom. The third-order valence-corrected chi connectivity index (χ3v) is 5.15. The fourth-order valence-electron chi connectivity index (χ4n) is 3.62. The summed E-state index contributed by atoms with van der Waals surface area (Å²) in [5, 5.41) is 0. The van der Waals surface area contributed by atoms with Gasteiger partial charge in [-0.05, 0) is 50.6 Å². The lowest BCUT2D eigenvalue weighted by Gasteiger charge is -2.37. The van der Waals surface area contributed by atoms with Gasteiger partial charge >= 0.3 is 6.01 Å². The number of hydrogen-bond donors (Lipinski definition) is 0. The van der Waals surface area contributed by atoms with E-state index in [0.717, 1.165) is 49.8 Å². The highest BCUT2D eigenvalue weighted by Gasteiger charge is 2.24. The van der Waals surface area contributed by atoms with E-state index in [0.29, 0.717) is 18.7 Å². The van der Waals surface area contributed by atoms with E-state index in [1.165, 1.54) is 5.56 Å². The van der Waals surface area contributed by atoms with E-state index in [4.69, 9.17) is 14.2 Å². The summed E-state index contributed by atoms with van der Waals surface area (Å²) in [6.45, 7) is 5.32. The van der Waals surface area contributed by atoms with E-state index < -0.39 is 0 Å². The number of aromatic nitrogens is 2. The maximum Gasteiger partial charge on any atom is 0.318 e. The van der Waals surface area contributed by atoms with Gasteiger partial charge in [0.05, 0.1) is 20.8 Å². The number of hydrogen-bond acceptors (Lipinski definition) is 7. The van der Waals surface area contributed by atoms with Crippen molar-refractivity contribution in [3.63, 3.8) is 0 Å². The van der Waals surface area contributed by atoms with Crippen molar-refractivity contribution in [2.45, 2.75) is 32.4 Å². The topological polar surface area (TPSA) is 60.0 Å². The molecule has 0 saturated carbocycles. The lowest BCUT2D eigenvalue weighted by Crippen LogP contribution is -2.43. The minimum absolute atomic E-state index is 0.450. The second kappa shape index (κ2) is 9.59. The first-order valence-electron chi connectivity index (χ1n) is 9.76. The second-order valence-electron chi connectivity index (χ2n) is 6.98. The highest BCUT2D eigenvalue weighted by Crippen LogP contribution is 2.26. The number of nitrogens with zero attached hydrogens (tertiary/aromatic N) is 4. The summed E-state index contributed by atoms with van der Waals surface area (Å²) >= 11 is 0. The number of benzene rings is 1. The Hall–Kier alpha value is -2.54. The third-order valence-electron chi connectivity index (χ3n) is 5.15. The molecule has 1 aromatic carbocycles. The van der Waals surface area contributed by atoms with Gasteiger partial charge in [0, 0.05) is 37.9 Å². The fraction of sp³-hybridized carbons (Fsp3) is 0.524. The van der Waals surface area contributed by atoms with Crippen molar-refractivity contribution in [3.05, 3.63) is 36.0 Å². The van der Waals surface area contributed by atoms with Crippen LogP contribution in [0.2, 0.25) is 0 Å². The Morgan fingerprint density at radius 2 is 1.79 bits per heavy atom. The predicted octanol–water partition coefficient (Wildman–Crippen LogP) is 2.99. The van der Waals surface area contributed by atoms with Crippen LogP contribution in [0.3, 0.4) is 0 Å². The summed E-state index contributed by atoms with van der Waals surface area (Å²) in [5.74, 6) is 2.59. The molecule has 1 aliphatic rings. The van der Waals surface area contributed by atoms with Crippen LogP contribution in [0, 0.1) is 0 Å². The first-order valence-corrected chi connectivity index (χ1v) is 9.76. The number of methoxy groups -OCH3 is 2. The number of anilines is 1. The van der Waals surface area contributed by atoms with E-state index in [1.807, 2.05) is 19.1 Å². The Labute approximate surface area is 167 Å². The summed E-state index contributed by atoms with van der Waals surface area (Å²) in [4.78, 5) is 13.4. The van der Waals surface area contributed by atoms with E-state index >= 15 is 0 Å². The highest BCUT2D eigenvalue weighted by molar-refractivity contribution is 5.39. The predicted molar refractivity (Wildman–Crippen MR) is 109 cm³/mol. The van der Waals surface area contributed by atoms with E-state index in [2.05, 4.69) is 38.9 Å². The molecule has 0 radical (unpaired) electrons. The zero-order valence-corrected chi connectivity index (χ0v) is 17.2. The molecular formula is C21H30N4O3. The van der Waals surface area contributed by atoms with Gasteiger partial charge < -0.3 is 19.1 Å². The lowest BCUT2D eigenvalue weighted by molar-refractivity contribution is 0.199. The van der Waals surface area contributed by atoms with Gasteiger partial charge in [0.1, 0.15) is 17.3 Å². The zero-order valence-electron chi connectivity index (χ0n) is 17.2. The van der Waals surface area contributed by atoms with Crippen molar-refractivity contribution in [2.75, 3.05) is 45.9 Å². The zero-order chi connectivity index (χ0) is 19.9. The fourth-order valence-corrected chi connectivity index (χ4v) is 3.62. The van der Waals surface area contributed by atoms with Crippen molar-refractivity contribution < 1.29 is 14.2 Å². The molecule has 0 atom stereocenters. The molecule has 1 saturated heterocycles. The van der Waals surface area contributed by atoms with E-state index in [9.17, 15) is 0 Å². The van der Waals surface area contributed by atoms with Crippen LogP contribution >= 0.6 is 0 Å². The highest BCUT2D eigenvalue weighted by atomic mass is 16.5. The molecule has 1 aromatic heterocycles. The van der Waals surface area contributed by atoms with Crippen molar-refractivity contribution in [1.29, 1.82) is 0 Å². The second-order valence-corrected chi connectivity index (χ2v) is 6.98. The maximum absolute atomic E-state index is 5.42. The monoisotopic (exact) mass is 386 g/mol. The van der Waals surface area contributed by atoms with Gasteiger partial charge in [0.2, 0.25) is 0 Å².